The number of imide groups is 1. The number of urea groups is 1. The molecular weight excluding hydrogens is 368 g/mol. The van der Waals surface area contributed by atoms with E-state index in [4.69, 9.17) is 0 Å². The van der Waals surface area contributed by atoms with Crippen molar-refractivity contribution in [3.63, 3.8) is 0 Å². The third-order valence-corrected chi connectivity index (χ3v) is 4.92. The Balaban J connectivity index is 1.76. The molecule has 0 spiro atoms. The number of hydrogen-bond acceptors (Lipinski definition) is 4. The number of anilines is 1. The minimum atomic E-state index is -0.482. The van der Waals surface area contributed by atoms with Crippen LogP contribution in [0.25, 0.3) is 0 Å². The molecule has 1 aliphatic heterocycles. The zero-order chi connectivity index (χ0) is 20.8. The molecule has 0 radical (unpaired) electrons. The third kappa shape index (κ3) is 5.19. The van der Waals surface area contributed by atoms with Crippen LogP contribution in [-0.2, 0) is 4.79 Å². The second kappa shape index (κ2) is 9.32. The fourth-order valence-corrected chi connectivity index (χ4v) is 3.73. The highest BCUT2D eigenvalue weighted by Gasteiger charge is 2.32. The number of benzene rings is 1. The van der Waals surface area contributed by atoms with E-state index in [1.165, 1.54) is 6.20 Å². The van der Waals surface area contributed by atoms with E-state index < -0.39 is 11.8 Å². The summed E-state index contributed by atoms with van der Waals surface area (Å²) in [5.41, 5.74) is 0.848. The van der Waals surface area contributed by atoms with Crippen LogP contribution in [0.4, 0.5) is 10.5 Å². The van der Waals surface area contributed by atoms with E-state index in [0.717, 1.165) is 11.3 Å². The predicted molar refractivity (Wildman–Crippen MR) is 110 cm³/mol. The van der Waals surface area contributed by atoms with Gasteiger partial charge in [-0.3, -0.25) is 14.6 Å². The van der Waals surface area contributed by atoms with E-state index in [2.05, 4.69) is 24.1 Å². The summed E-state index contributed by atoms with van der Waals surface area (Å²) in [5, 5.41) is 2.58. The number of aromatic nitrogens is 1. The van der Waals surface area contributed by atoms with Crippen LogP contribution in [0.3, 0.4) is 0 Å². The van der Waals surface area contributed by atoms with Gasteiger partial charge in [-0.2, -0.15) is 0 Å². The maximum Gasteiger partial charge on any atom is 0.331 e. The van der Waals surface area contributed by atoms with Crippen molar-refractivity contribution in [3.05, 3.63) is 60.4 Å². The Morgan fingerprint density at radius 3 is 2.38 bits per heavy atom. The number of carbonyl (C=O) groups is 3. The maximum atomic E-state index is 13.3. The van der Waals surface area contributed by atoms with Crippen LogP contribution in [-0.4, -0.2) is 47.4 Å². The van der Waals surface area contributed by atoms with Gasteiger partial charge in [0, 0.05) is 25.5 Å². The Kier molecular flexibility index (Phi) is 6.59. The van der Waals surface area contributed by atoms with Crippen molar-refractivity contribution in [2.45, 2.75) is 20.3 Å². The normalized spacial score (nSPS) is 18.8. The lowest BCUT2D eigenvalue weighted by molar-refractivity contribution is -0.117. The number of likely N-dealkylation sites (tertiary alicyclic amines) is 1. The topological polar surface area (TPSA) is 82.6 Å². The molecule has 7 heteroatoms. The highest BCUT2D eigenvalue weighted by molar-refractivity contribution is 6.15. The second-order valence-electron chi connectivity index (χ2n) is 7.62. The van der Waals surface area contributed by atoms with Gasteiger partial charge < -0.3 is 10.2 Å². The average Bonchev–Trinajstić information content (AvgIpc) is 2.73. The first-order chi connectivity index (χ1) is 14.0. The predicted octanol–water partition coefficient (Wildman–Crippen LogP) is 2.94. The molecule has 1 aromatic carbocycles. The fraction of sp³-hybridized carbons (Fsp3) is 0.364. The summed E-state index contributed by atoms with van der Waals surface area (Å²) in [6, 6.07) is 11.7. The Morgan fingerprint density at radius 1 is 1.07 bits per heavy atom. The minimum Gasteiger partial charge on any atom is -0.343 e. The van der Waals surface area contributed by atoms with Crippen LogP contribution in [0.5, 0.6) is 0 Å². The highest BCUT2D eigenvalue weighted by atomic mass is 16.2. The molecule has 0 bridgehead atoms. The summed E-state index contributed by atoms with van der Waals surface area (Å²) in [6.07, 6.45) is 4.05. The number of amides is 4. The molecular formula is C22H26N4O3. The zero-order valence-corrected chi connectivity index (χ0v) is 16.7. The van der Waals surface area contributed by atoms with E-state index in [9.17, 15) is 14.4 Å². The standard InChI is InChI=1S/C22H26N4O3/c1-16-11-17(2)15-25(14-16)22(29)26(19-8-4-3-5-9-19)20(27)13-24-21(28)18-7-6-10-23-12-18/h3-10,12,16-17H,11,13-15H2,1-2H3,(H,24,28)/t16-,17+. The molecule has 3 rings (SSSR count). The molecule has 1 N–H and O–H groups in total. The first kappa shape index (κ1) is 20.5. The smallest absolute Gasteiger partial charge is 0.331 e. The Morgan fingerprint density at radius 2 is 1.76 bits per heavy atom. The number of nitrogens with zero attached hydrogens (tertiary/aromatic N) is 3. The van der Waals surface area contributed by atoms with Crippen LogP contribution in [0, 0.1) is 11.8 Å². The number of hydrogen-bond donors (Lipinski definition) is 1. The number of rotatable bonds is 4. The van der Waals surface area contributed by atoms with Crippen molar-refractivity contribution < 1.29 is 14.4 Å². The quantitative estimate of drug-likeness (QED) is 0.864. The lowest BCUT2D eigenvalue weighted by Gasteiger charge is -2.37. The largest absolute Gasteiger partial charge is 0.343 e. The van der Waals surface area contributed by atoms with E-state index in [1.54, 1.807) is 47.5 Å². The van der Waals surface area contributed by atoms with Gasteiger partial charge >= 0.3 is 6.03 Å². The van der Waals surface area contributed by atoms with E-state index in [1.807, 2.05) is 6.07 Å². The SMILES string of the molecule is C[C@@H]1C[C@H](C)CN(C(=O)N(C(=O)CNC(=O)c2cccnc2)c2ccccc2)C1. The Hall–Kier alpha value is -3.22. The van der Waals surface area contributed by atoms with Gasteiger partial charge in [-0.25, -0.2) is 9.69 Å². The van der Waals surface area contributed by atoms with Crippen molar-refractivity contribution >= 4 is 23.5 Å². The molecule has 1 fully saturated rings. The second-order valence-corrected chi connectivity index (χ2v) is 7.62. The molecule has 7 nitrogen and oxygen atoms in total. The van der Waals surface area contributed by atoms with Gasteiger partial charge in [0.05, 0.1) is 17.8 Å². The Bertz CT molecular complexity index is 847. The van der Waals surface area contributed by atoms with Gasteiger partial charge in [0.1, 0.15) is 0 Å². The summed E-state index contributed by atoms with van der Waals surface area (Å²) < 4.78 is 0. The summed E-state index contributed by atoms with van der Waals surface area (Å²) in [5.74, 6) is -0.141. The molecule has 2 aromatic rings. The van der Waals surface area contributed by atoms with Gasteiger partial charge in [-0.05, 0) is 42.5 Å². The lowest BCUT2D eigenvalue weighted by Crippen LogP contribution is -2.53. The van der Waals surface area contributed by atoms with Crippen molar-refractivity contribution in [3.8, 4) is 0 Å². The molecule has 1 saturated heterocycles. The van der Waals surface area contributed by atoms with Crippen LogP contribution in [0.1, 0.15) is 30.6 Å². The number of pyridine rings is 1. The first-order valence-corrected chi connectivity index (χ1v) is 9.81. The molecule has 1 aromatic heterocycles. The third-order valence-electron chi connectivity index (χ3n) is 4.92. The fourth-order valence-electron chi connectivity index (χ4n) is 3.73. The van der Waals surface area contributed by atoms with Gasteiger partial charge in [0.15, 0.2) is 0 Å². The molecule has 4 amide bonds. The number of nitrogens with one attached hydrogen (secondary N) is 1. The lowest BCUT2D eigenvalue weighted by atomic mass is 9.92. The molecule has 1 aliphatic rings. The molecule has 2 atom stereocenters. The van der Waals surface area contributed by atoms with Crippen molar-refractivity contribution in [1.29, 1.82) is 0 Å². The average molecular weight is 394 g/mol. The molecule has 29 heavy (non-hydrogen) atoms. The molecule has 0 aliphatic carbocycles. The maximum absolute atomic E-state index is 13.3. The molecule has 0 unspecified atom stereocenters. The summed E-state index contributed by atoms with van der Waals surface area (Å²) in [6.45, 7) is 5.16. The van der Waals surface area contributed by atoms with Crippen molar-refractivity contribution in [2.24, 2.45) is 11.8 Å². The van der Waals surface area contributed by atoms with Crippen molar-refractivity contribution in [1.82, 2.24) is 15.2 Å². The van der Waals surface area contributed by atoms with Crippen LogP contribution in [0.15, 0.2) is 54.9 Å². The first-order valence-electron chi connectivity index (χ1n) is 9.81. The Labute approximate surface area is 170 Å². The van der Waals surface area contributed by atoms with Gasteiger partial charge in [-0.15, -0.1) is 0 Å². The number of para-hydroxylation sites is 1. The molecule has 152 valence electrons. The van der Waals surface area contributed by atoms with Gasteiger partial charge in [-0.1, -0.05) is 32.0 Å². The summed E-state index contributed by atoms with van der Waals surface area (Å²) in [7, 11) is 0. The van der Waals surface area contributed by atoms with E-state index in [0.29, 0.717) is 36.2 Å². The van der Waals surface area contributed by atoms with E-state index in [-0.39, 0.29) is 12.6 Å². The van der Waals surface area contributed by atoms with E-state index >= 15 is 0 Å². The number of carbonyl (C=O) groups excluding carboxylic acids is 3. The van der Waals surface area contributed by atoms with Crippen LogP contribution in [0.2, 0.25) is 0 Å². The highest BCUT2D eigenvalue weighted by Crippen LogP contribution is 2.24. The van der Waals surface area contributed by atoms with Crippen molar-refractivity contribution in [2.75, 3.05) is 24.5 Å². The van der Waals surface area contributed by atoms with Gasteiger partial charge in [0.2, 0.25) is 0 Å². The van der Waals surface area contributed by atoms with Crippen LogP contribution < -0.4 is 10.2 Å². The number of piperidine rings is 1. The molecule has 0 saturated carbocycles. The van der Waals surface area contributed by atoms with Crippen LogP contribution >= 0.6 is 0 Å². The summed E-state index contributed by atoms with van der Waals surface area (Å²) in [4.78, 5) is 45.3. The van der Waals surface area contributed by atoms with Gasteiger partial charge in [0.25, 0.3) is 11.8 Å². The molecule has 2 heterocycles. The minimum absolute atomic E-state index is 0.284. The monoisotopic (exact) mass is 394 g/mol. The zero-order valence-electron chi connectivity index (χ0n) is 16.7. The summed E-state index contributed by atoms with van der Waals surface area (Å²) >= 11 is 0.